The van der Waals surface area contributed by atoms with Gasteiger partial charge in [-0.05, 0) is 110 Å². The fourth-order valence-electron chi connectivity index (χ4n) is 13.8. The number of amides is 8. The Bertz CT molecular complexity index is 2250. The second kappa shape index (κ2) is 22.4. The Morgan fingerprint density at radius 1 is 0.370 bits per heavy atom. The fourth-order valence-corrected chi connectivity index (χ4v) is 13.8. The molecule has 8 bridgehead atoms. The Morgan fingerprint density at radius 2 is 0.562 bits per heavy atom. The zero-order valence-electron chi connectivity index (χ0n) is 43.1. The quantitative estimate of drug-likeness (QED) is 0.167. The van der Waals surface area contributed by atoms with Gasteiger partial charge in [-0.15, -0.1) is 26.3 Å². The lowest BCUT2D eigenvalue weighted by atomic mass is 9.85. The van der Waals surface area contributed by atoms with E-state index in [1.54, 1.807) is 0 Å². The van der Waals surface area contributed by atoms with Gasteiger partial charge < -0.3 is 0 Å². The van der Waals surface area contributed by atoms with Gasteiger partial charge in [0.25, 0.3) is 0 Å². The highest BCUT2D eigenvalue weighted by atomic mass is 16.2. The normalized spacial score (nSPS) is 35.7. The summed E-state index contributed by atoms with van der Waals surface area (Å²) in [7, 11) is 0. The minimum atomic E-state index is -0.285. The molecule has 16 atom stereocenters. The average Bonchev–Trinajstić information content (AvgIpc) is 4.27. The van der Waals surface area contributed by atoms with Crippen LogP contribution in [0.3, 0.4) is 0 Å². The molecule has 4 saturated heterocycles. The zero-order chi connectivity index (χ0) is 52.4. The van der Waals surface area contributed by atoms with Gasteiger partial charge in [-0.1, -0.05) is 125 Å². The van der Waals surface area contributed by atoms with Gasteiger partial charge in [0, 0.05) is 0 Å². The van der Waals surface area contributed by atoms with Crippen molar-refractivity contribution in [1.82, 2.24) is 19.6 Å². The number of imide groups is 4. The van der Waals surface area contributed by atoms with E-state index in [1.165, 1.54) is 19.6 Å². The molecule has 386 valence electrons. The molecule has 4 aliphatic heterocycles. The third-order valence-corrected chi connectivity index (χ3v) is 17.4. The number of carbonyl (C=O) groups is 8. The van der Waals surface area contributed by atoms with E-state index in [0.717, 1.165) is 62.5 Å². The van der Waals surface area contributed by atoms with Crippen LogP contribution in [-0.2, 0) is 51.4 Å². The molecule has 8 fully saturated rings. The van der Waals surface area contributed by atoms with E-state index in [0.29, 0.717) is 0 Å². The lowest BCUT2D eigenvalue weighted by molar-refractivity contribution is -0.150. The van der Waals surface area contributed by atoms with Crippen LogP contribution in [0.1, 0.15) is 90.2 Å². The Hall–Kier alpha value is -6.30. The maximum Gasteiger partial charge on any atom is 0.235 e. The van der Waals surface area contributed by atoms with E-state index in [-0.39, 0.29) is 162 Å². The van der Waals surface area contributed by atoms with E-state index < -0.39 is 0 Å². The number of carbonyl (C=O) groups excluding carboxylic acids is 8. The summed E-state index contributed by atoms with van der Waals surface area (Å²) >= 11 is 0. The summed E-state index contributed by atoms with van der Waals surface area (Å²) in [5.74, 6) is -1.55. The van der Waals surface area contributed by atoms with Crippen molar-refractivity contribution < 1.29 is 38.4 Å². The molecule has 12 nitrogen and oxygen atoms in total. The highest BCUT2D eigenvalue weighted by molar-refractivity contribution is 6.10. The van der Waals surface area contributed by atoms with Gasteiger partial charge in [-0.2, -0.15) is 0 Å². The van der Waals surface area contributed by atoms with Crippen LogP contribution in [0.4, 0.5) is 0 Å². The van der Waals surface area contributed by atoms with E-state index in [2.05, 4.69) is 78.3 Å². The molecule has 73 heavy (non-hydrogen) atoms. The molecule has 8 amide bonds. The van der Waals surface area contributed by atoms with Crippen molar-refractivity contribution in [2.24, 2.45) is 94.7 Å². The third-order valence-electron chi connectivity index (χ3n) is 17.4. The van der Waals surface area contributed by atoms with Crippen LogP contribution in [-0.4, -0.2) is 73.5 Å². The summed E-state index contributed by atoms with van der Waals surface area (Å²) in [5.41, 5.74) is 1.70. The molecule has 1 aromatic carbocycles. The maximum absolute atomic E-state index is 13.0. The van der Waals surface area contributed by atoms with Crippen molar-refractivity contribution in [2.75, 3.05) is 6.67 Å². The first-order chi connectivity index (χ1) is 35.2. The number of allylic oxidation sites excluding steroid dienone is 12. The molecule has 16 unspecified atom stereocenters. The second-order valence-electron chi connectivity index (χ2n) is 21.5. The van der Waals surface area contributed by atoms with Crippen molar-refractivity contribution in [1.29, 1.82) is 0 Å². The Balaban J connectivity index is 0.000000153. The van der Waals surface area contributed by atoms with Crippen LogP contribution in [0.2, 0.25) is 0 Å². The van der Waals surface area contributed by atoms with Crippen LogP contribution in [0, 0.1) is 94.7 Å². The number of likely N-dealkylation sites (tertiary alicyclic amines) is 4. The standard InChI is InChI=1S/C26H24N2O4.C19H18N2O4.4C4H8/c29-23-19-15-4-5-16(9-15)20(19)24(30)27(23)11-13-2-1-3-14(8-13)12-28-25(31)21-17-6-7-18(10-17)22(21)26(28)32;22-16-12-8-1-2-9(5-8)13(12)17(23)20(16)7-21-18(24)14-10-3-4-11(6-10)15(14)19(21)25;4*1-3-4-2/h1-8,15-22H,9-12H2;1-4,8-15H,5-7H2;4*3H,1,4H2,2H3. The van der Waals surface area contributed by atoms with Gasteiger partial charge in [0.2, 0.25) is 47.3 Å². The third kappa shape index (κ3) is 9.48. The molecule has 4 heterocycles. The molecule has 1 aromatic rings. The van der Waals surface area contributed by atoms with Gasteiger partial charge in [-0.3, -0.25) is 58.0 Å². The highest BCUT2D eigenvalue weighted by Gasteiger charge is 2.64. The predicted octanol–water partition coefficient (Wildman–Crippen LogP) is 9.19. The number of hydrogen-bond acceptors (Lipinski definition) is 8. The number of hydrogen-bond donors (Lipinski definition) is 0. The lowest BCUT2D eigenvalue weighted by Crippen LogP contribution is -2.46. The number of fused-ring (bicyclic) bond motifs is 20. The second-order valence-corrected chi connectivity index (χ2v) is 21.5. The average molecular weight is 991 g/mol. The molecule has 4 saturated carbocycles. The van der Waals surface area contributed by atoms with E-state index in [1.807, 2.05) is 72.9 Å². The largest absolute Gasteiger partial charge is 0.278 e. The molecular weight excluding hydrogens is 917 g/mol. The van der Waals surface area contributed by atoms with Gasteiger partial charge in [0.15, 0.2) is 0 Å². The first kappa shape index (κ1) is 53.0. The SMILES string of the molecule is C=CCC.C=CCC.C=CCC.C=CCC.O=C1C2C3C=CC(C3)C2C(=O)N1CN1C(=O)C2C3C=CC(C3)C2C1=O.O=C1C2C3C=CC(C3)C2C(=O)N1Cc1cccc(CN2C(=O)C3C4C=CC(C4)C3C2=O)c1. The van der Waals surface area contributed by atoms with Gasteiger partial charge in [0.05, 0.1) is 60.4 Å². The summed E-state index contributed by atoms with van der Waals surface area (Å²) in [6.45, 7) is 22.5. The predicted molar refractivity (Wildman–Crippen MR) is 279 cm³/mol. The van der Waals surface area contributed by atoms with Crippen molar-refractivity contribution in [3.63, 3.8) is 0 Å². The van der Waals surface area contributed by atoms with Gasteiger partial charge in [0.1, 0.15) is 6.67 Å². The fraction of sp³-hybridized carbons (Fsp3) is 0.508. The monoisotopic (exact) mass is 991 g/mol. The van der Waals surface area contributed by atoms with E-state index >= 15 is 0 Å². The summed E-state index contributed by atoms with van der Waals surface area (Å²) in [6.07, 6.45) is 32.0. The van der Waals surface area contributed by atoms with Crippen molar-refractivity contribution in [3.05, 3.63) is 135 Å². The minimum Gasteiger partial charge on any atom is -0.278 e. The first-order valence-electron chi connectivity index (χ1n) is 26.9. The van der Waals surface area contributed by atoms with Gasteiger partial charge in [-0.25, -0.2) is 0 Å². The summed E-state index contributed by atoms with van der Waals surface area (Å²) in [4.78, 5) is 108. The number of rotatable bonds is 10. The van der Waals surface area contributed by atoms with Crippen LogP contribution >= 0.6 is 0 Å². The Kier molecular flexibility index (Phi) is 16.3. The van der Waals surface area contributed by atoms with Crippen LogP contribution in [0.25, 0.3) is 0 Å². The molecule has 0 N–H and O–H groups in total. The summed E-state index contributed by atoms with van der Waals surface area (Å²) in [6, 6.07) is 7.59. The van der Waals surface area contributed by atoms with Gasteiger partial charge >= 0.3 is 0 Å². The number of nitrogens with zero attached hydrogens (tertiary/aromatic N) is 4. The molecule has 12 heteroatoms. The summed E-state index contributed by atoms with van der Waals surface area (Å²) in [5, 5.41) is 0. The molecule has 0 radical (unpaired) electrons. The molecule has 13 rings (SSSR count). The minimum absolute atomic E-state index is 0.0528. The highest BCUT2D eigenvalue weighted by Crippen LogP contribution is 2.56. The Labute approximate surface area is 431 Å². The van der Waals surface area contributed by atoms with Crippen LogP contribution in [0.5, 0.6) is 0 Å². The Morgan fingerprint density at radius 3 is 0.753 bits per heavy atom. The van der Waals surface area contributed by atoms with Crippen molar-refractivity contribution in [2.45, 2.75) is 92.2 Å². The van der Waals surface area contributed by atoms with Crippen molar-refractivity contribution >= 4 is 47.3 Å². The van der Waals surface area contributed by atoms with Crippen molar-refractivity contribution in [3.8, 4) is 0 Å². The van der Waals surface area contributed by atoms with Crippen LogP contribution in [0.15, 0.2) is 123 Å². The lowest BCUT2D eigenvalue weighted by Gasteiger charge is -2.24. The molecule has 0 aromatic heterocycles. The maximum atomic E-state index is 13.0. The molecule has 8 aliphatic carbocycles. The molecule has 12 aliphatic rings. The van der Waals surface area contributed by atoms with Crippen LogP contribution < -0.4 is 0 Å². The molecular formula is C61H74N4O8. The smallest absolute Gasteiger partial charge is 0.235 e. The van der Waals surface area contributed by atoms with E-state index in [9.17, 15) is 38.4 Å². The number of benzene rings is 1. The summed E-state index contributed by atoms with van der Waals surface area (Å²) < 4.78 is 0. The molecule has 0 spiro atoms. The zero-order valence-corrected chi connectivity index (χ0v) is 43.1. The van der Waals surface area contributed by atoms with E-state index in [4.69, 9.17) is 0 Å². The topological polar surface area (TPSA) is 150 Å². The first-order valence-corrected chi connectivity index (χ1v) is 26.9.